The van der Waals surface area contributed by atoms with Gasteiger partial charge in [-0.15, -0.1) is 0 Å². The number of carbonyl (C=O) groups is 1. The molecule has 1 amide bonds. The Hall–Kier alpha value is -3.26. The number of fused-ring (bicyclic) bond motifs is 1. The molecule has 3 N–H and O–H groups in total. The number of likely N-dealkylation sites (tertiary alicyclic amines) is 1. The molecule has 3 aromatic rings. The van der Waals surface area contributed by atoms with Gasteiger partial charge in [-0.1, -0.05) is 6.07 Å². The van der Waals surface area contributed by atoms with Crippen molar-refractivity contribution in [1.82, 2.24) is 15.1 Å². The second kappa shape index (κ2) is 8.23. The number of halogens is 1. The topological polar surface area (TPSA) is 101 Å². The summed E-state index contributed by atoms with van der Waals surface area (Å²) >= 11 is 0. The van der Waals surface area contributed by atoms with Gasteiger partial charge in [-0.25, -0.2) is 9.49 Å². The third-order valence-corrected chi connectivity index (χ3v) is 5.59. The highest BCUT2D eigenvalue weighted by atomic mass is 19.1. The number of hydrogen-bond acceptors (Lipinski definition) is 5. The number of ether oxygens (including phenoxy) is 1. The van der Waals surface area contributed by atoms with E-state index in [1.807, 2.05) is 0 Å². The molecule has 8 heteroatoms. The van der Waals surface area contributed by atoms with Gasteiger partial charge in [0.2, 0.25) is 0 Å². The molecule has 30 heavy (non-hydrogen) atoms. The number of nitrogens with one attached hydrogen (secondary N) is 1. The lowest BCUT2D eigenvalue weighted by Gasteiger charge is -2.31. The quantitative estimate of drug-likeness (QED) is 0.644. The number of benzene rings is 2. The smallest absolute Gasteiger partial charge is 0.272 e. The first-order valence-corrected chi connectivity index (χ1v) is 9.83. The Morgan fingerprint density at radius 1 is 1.23 bits per heavy atom. The molecule has 1 aromatic heterocycles. The van der Waals surface area contributed by atoms with Crippen molar-refractivity contribution in [2.75, 3.05) is 25.9 Å². The number of aromatic amines is 1. The average molecular weight is 410 g/mol. The van der Waals surface area contributed by atoms with Gasteiger partial charge in [-0.3, -0.25) is 9.59 Å². The van der Waals surface area contributed by atoms with E-state index in [1.54, 1.807) is 42.3 Å². The monoisotopic (exact) mass is 410 g/mol. The molecule has 0 spiro atoms. The zero-order valence-corrected chi connectivity index (χ0v) is 16.7. The van der Waals surface area contributed by atoms with Crippen molar-refractivity contribution in [2.45, 2.75) is 25.4 Å². The summed E-state index contributed by atoms with van der Waals surface area (Å²) in [4.78, 5) is 26.6. The van der Waals surface area contributed by atoms with Crippen LogP contribution in [0.5, 0.6) is 0 Å². The Morgan fingerprint density at radius 3 is 2.73 bits per heavy atom. The largest absolute Gasteiger partial charge is 0.399 e. The van der Waals surface area contributed by atoms with Gasteiger partial charge in [-0.05, 0) is 48.7 Å². The van der Waals surface area contributed by atoms with Crippen molar-refractivity contribution in [1.29, 1.82) is 0 Å². The molecule has 7 nitrogen and oxygen atoms in total. The molecular formula is C22H23FN4O3. The Bertz CT molecular complexity index is 1150. The maximum atomic E-state index is 14.5. The Morgan fingerprint density at radius 2 is 2.00 bits per heavy atom. The normalized spacial score (nSPS) is 14.9. The lowest BCUT2D eigenvalue weighted by atomic mass is 10.0. The predicted octanol–water partition coefficient (Wildman–Crippen LogP) is 2.49. The number of nitrogens with zero attached hydrogens (tertiary/aromatic N) is 2. The SMILES string of the molecule is COC1CCN(C(=O)c2cc(Cc3n[nH]c(=O)c4ccc(N)cc34)ccc2F)CC1. The summed E-state index contributed by atoms with van der Waals surface area (Å²) < 4.78 is 19.8. The summed E-state index contributed by atoms with van der Waals surface area (Å²) in [5.74, 6) is -0.881. The summed E-state index contributed by atoms with van der Waals surface area (Å²) in [6.07, 6.45) is 1.93. The summed E-state index contributed by atoms with van der Waals surface area (Å²) in [5, 5.41) is 7.75. The van der Waals surface area contributed by atoms with Crippen LogP contribution >= 0.6 is 0 Å². The van der Waals surface area contributed by atoms with Gasteiger partial charge in [0.05, 0.1) is 22.7 Å². The standard InChI is InChI=1S/C22H23FN4O3/c1-30-15-6-8-27(9-7-15)22(29)18-10-13(2-5-19(18)23)11-20-17-12-14(24)3-4-16(17)21(28)26-25-20/h2-5,10,12,15H,6-9,11,24H2,1H3,(H,26,28). The molecule has 1 aliphatic rings. The maximum absolute atomic E-state index is 14.5. The molecule has 2 aromatic carbocycles. The van der Waals surface area contributed by atoms with Crippen LogP contribution in [0.15, 0.2) is 41.2 Å². The van der Waals surface area contributed by atoms with E-state index in [0.29, 0.717) is 41.7 Å². The van der Waals surface area contributed by atoms with Crippen LogP contribution in [0.1, 0.15) is 34.5 Å². The van der Waals surface area contributed by atoms with E-state index in [-0.39, 0.29) is 23.1 Å². The predicted molar refractivity (Wildman–Crippen MR) is 112 cm³/mol. The molecule has 0 saturated carbocycles. The number of carbonyl (C=O) groups excluding carboxylic acids is 1. The Labute approximate surface area is 172 Å². The fourth-order valence-corrected chi connectivity index (χ4v) is 3.88. The van der Waals surface area contributed by atoms with Crippen LogP contribution in [0.4, 0.5) is 10.1 Å². The number of methoxy groups -OCH3 is 1. The molecule has 1 fully saturated rings. The third-order valence-electron chi connectivity index (χ3n) is 5.59. The van der Waals surface area contributed by atoms with Gasteiger partial charge in [0, 0.05) is 37.7 Å². The fourth-order valence-electron chi connectivity index (χ4n) is 3.88. The van der Waals surface area contributed by atoms with Crippen molar-refractivity contribution in [3.05, 3.63) is 69.4 Å². The Kier molecular flexibility index (Phi) is 5.50. The van der Waals surface area contributed by atoms with Crippen molar-refractivity contribution >= 4 is 22.4 Å². The number of nitrogens with two attached hydrogens (primary N) is 1. The van der Waals surface area contributed by atoms with Gasteiger partial charge in [-0.2, -0.15) is 5.10 Å². The van der Waals surface area contributed by atoms with Crippen LogP contribution in [0.2, 0.25) is 0 Å². The van der Waals surface area contributed by atoms with Gasteiger partial charge in [0.1, 0.15) is 5.82 Å². The second-order valence-corrected chi connectivity index (χ2v) is 7.52. The summed E-state index contributed by atoms with van der Waals surface area (Å²) in [6, 6.07) is 9.48. The number of H-pyrrole nitrogens is 1. The minimum absolute atomic E-state index is 0.0385. The van der Waals surface area contributed by atoms with Gasteiger partial charge in [0.15, 0.2) is 0 Å². The molecule has 1 aliphatic heterocycles. The van der Waals surface area contributed by atoms with Crippen LogP contribution in [-0.2, 0) is 11.2 Å². The van der Waals surface area contributed by atoms with E-state index < -0.39 is 5.82 Å². The number of amides is 1. The van der Waals surface area contributed by atoms with Crippen molar-refractivity contribution in [3.63, 3.8) is 0 Å². The highest BCUT2D eigenvalue weighted by molar-refractivity contribution is 5.95. The van der Waals surface area contributed by atoms with E-state index in [2.05, 4.69) is 10.2 Å². The zero-order chi connectivity index (χ0) is 21.3. The second-order valence-electron chi connectivity index (χ2n) is 7.52. The molecule has 4 rings (SSSR count). The summed E-state index contributed by atoms with van der Waals surface area (Å²) in [7, 11) is 1.66. The van der Waals surface area contributed by atoms with Crippen molar-refractivity contribution in [2.24, 2.45) is 0 Å². The van der Waals surface area contributed by atoms with Crippen molar-refractivity contribution in [3.8, 4) is 0 Å². The molecule has 0 atom stereocenters. The molecule has 156 valence electrons. The van der Waals surface area contributed by atoms with Crippen molar-refractivity contribution < 1.29 is 13.9 Å². The number of aromatic nitrogens is 2. The number of hydrogen-bond donors (Lipinski definition) is 2. The fraction of sp³-hybridized carbons (Fsp3) is 0.318. The van der Waals surface area contributed by atoms with Crippen LogP contribution < -0.4 is 11.3 Å². The van der Waals surface area contributed by atoms with Gasteiger partial charge < -0.3 is 15.4 Å². The van der Waals surface area contributed by atoms with E-state index in [1.165, 1.54) is 6.07 Å². The molecule has 1 saturated heterocycles. The number of piperidine rings is 1. The van der Waals surface area contributed by atoms with E-state index in [9.17, 15) is 14.0 Å². The number of nitrogen functional groups attached to an aromatic ring is 1. The average Bonchev–Trinajstić information content (AvgIpc) is 2.76. The third kappa shape index (κ3) is 3.91. The zero-order valence-electron chi connectivity index (χ0n) is 16.7. The van der Waals surface area contributed by atoms with Gasteiger partial charge >= 0.3 is 0 Å². The molecule has 2 heterocycles. The van der Waals surface area contributed by atoms with Crippen LogP contribution in [-0.4, -0.2) is 47.3 Å². The van der Waals surface area contributed by atoms with Gasteiger partial charge in [0.25, 0.3) is 11.5 Å². The summed E-state index contributed by atoms with van der Waals surface area (Å²) in [5.41, 5.74) is 7.45. The summed E-state index contributed by atoms with van der Waals surface area (Å²) in [6.45, 7) is 1.07. The minimum atomic E-state index is -0.554. The highest BCUT2D eigenvalue weighted by Crippen LogP contribution is 2.22. The van der Waals surface area contributed by atoms with E-state index >= 15 is 0 Å². The highest BCUT2D eigenvalue weighted by Gasteiger charge is 2.25. The Balaban J connectivity index is 1.62. The van der Waals surface area contributed by atoms with Crippen LogP contribution in [0.25, 0.3) is 10.8 Å². The lowest BCUT2D eigenvalue weighted by molar-refractivity contribution is 0.0348. The van der Waals surface area contributed by atoms with Crippen LogP contribution in [0, 0.1) is 5.82 Å². The maximum Gasteiger partial charge on any atom is 0.272 e. The molecule has 0 unspecified atom stereocenters. The molecule has 0 radical (unpaired) electrons. The van der Waals surface area contributed by atoms with E-state index in [4.69, 9.17) is 10.5 Å². The molecular weight excluding hydrogens is 387 g/mol. The molecule has 0 bridgehead atoms. The first kappa shape index (κ1) is 20.0. The number of anilines is 1. The first-order chi connectivity index (χ1) is 14.5. The van der Waals surface area contributed by atoms with Crippen LogP contribution in [0.3, 0.4) is 0 Å². The number of rotatable bonds is 4. The van der Waals surface area contributed by atoms with E-state index in [0.717, 1.165) is 18.4 Å². The first-order valence-electron chi connectivity index (χ1n) is 9.83. The lowest BCUT2D eigenvalue weighted by Crippen LogP contribution is -2.41. The molecule has 0 aliphatic carbocycles. The minimum Gasteiger partial charge on any atom is -0.399 e.